The van der Waals surface area contributed by atoms with Gasteiger partial charge in [-0.3, -0.25) is 9.59 Å². The maximum absolute atomic E-state index is 12.6. The van der Waals surface area contributed by atoms with Crippen LogP contribution < -0.4 is 14.8 Å². The molecule has 6 nitrogen and oxygen atoms in total. The Hall–Kier alpha value is -3.28. The fraction of sp³-hybridized carbons (Fsp3) is 0.273. The molecule has 0 bridgehead atoms. The number of methoxy groups -OCH3 is 2. The van der Waals surface area contributed by atoms with Crippen molar-refractivity contribution in [2.24, 2.45) is 0 Å². The van der Waals surface area contributed by atoms with E-state index in [0.29, 0.717) is 18.0 Å². The molecule has 3 rings (SSSR count). The molecule has 1 heterocycles. The number of carbonyl (C=O) groups is 2. The Morgan fingerprint density at radius 3 is 2.54 bits per heavy atom. The highest BCUT2D eigenvalue weighted by molar-refractivity contribution is 5.81. The minimum atomic E-state index is -0.316. The summed E-state index contributed by atoms with van der Waals surface area (Å²) < 4.78 is 10.5. The highest BCUT2D eigenvalue weighted by Crippen LogP contribution is 2.33. The van der Waals surface area contributed by atoms with E-state index < -0.39 is 0 Å². The molecule has 0 unspecified atom stereocenters. The van der Waals surface area contributed by atoms with E-state index in [-0.39, 0.29) is 24.3 Å². The number of amides is 2. The Balaban J connectivity index is 1.70. The number of ether oxygens (including phenoxy) is 2. The summed E-state index contributed by atoms with van der Waals surface area (Å²) in [5.74, 6) is 1.03. The molecule has 0 radical (unpaired) electrons. The molecule has 0 fully saturated rings. The molecular weight excluding hydrogens is 356 g/mol. The zero-order valence-corrected chi connectivity index (χ0v) is 16.3. The summed E-state index contributed by atoms with van der Waals surface area (Å²) in [5.41, 5.74) is 2.90. The molecule has 0 aliphatic carbocycles. The number of nitrogens with zero attached hydrogens (tertiary/aromatic N) is 1. The van der Waals surface area contributed by atoms with Crippen molar-refractivity contribution in [3.63, 3.8) is 0 Å². The first-order chi connectivity index (χ1) is 13.5. The van der Waals surface area contributed by atoms with Crippen LogP contribution in [0.3, 0.4) is 0 Å². The Bertz CT molecular complexity index is 907. The lowest BCUT2D eigenvalue weighted by atomic mass is 9.93. The molecule has 1 N–H and O–H groups in total. The number of benzene rings is 2. The monoisotopic (exact) mass is 380 g/mol. The number of nitrogens with one attached hydrogen (secondary N) is 1. The quantitative estimate of drug-likeness (QED) is 0.835. The van der Waals surface area contributed by atoms with Gasteiger partial charge in [-0.25, -0.2) is 0 Å². The summed E-state index contributed by atoms with van der Waals surface area (Å²) in [5, 5.41) is 2.93. The van der Waals surface area contributed by atoms with Gasteiger partial charge >= 0.3 is 0 Å². The maximum atomic E-state index is 12.6. The largest absolute Gasteiger partial charge is 0.493 e. The summed E-state index contributed by atoms with van der Waals surface area (Å²) in [6.45, 7) is 1.87. The normalized spacial score (nSPS) is 15.0. The summed E-state index contributed by atoms with van der Waals surface area (Å²) >= 11 is 0. The predicted molar refractivity (Wildman–Crippen MR) is 107 cm³/mol. The van der Waals surface area contributed by atoms with Gasteiger partial charge in [-0.1, -0.05) is 30.3 Å². The topological polar surface area (TPSA) is 67.9 Å². The van der Waals surface area contributed by atoms with Gasteiger partial charge < -0.3 is 19.7 Å². The zero-order chi connectivity index (χ0) is 20.1. The molecule has 6 heteroatoms. The van der Waals surface area contributed by atoms with Crippen molar-refractivity contribution in [2.75, 3.05) is 14.2 Å². The van der Waals surface area contributed by atoms with Gasteiger partial charge in [0.1, 0.15) is 0 Å². The zero-order valence-electron chi connectivity index (χ0n) is 16.3. The van der Waals surface area contributed by atoms with Gasteiger partial charge in [0.05, 0.1) is 26.7 Å². The van der Waals surface area contributed by atoms with Crippen LogP contribution in [0.2, 0.25) is 0 Å². The lowest BCUT2D eigenvalue weighted by Gasteiger charge is -2.32. The van der Waals surface area contributed by atoms with Crippen molar-refractivity contribution >= 4 is 17.9 Å². The molecule has 2 amide bonds. The summed E-state index contributed by atoms with van der Waals surface area (Å²) in [6.07, 6.45) is 3.83. The van der Waals surface area contributed by atoms with Gasteiger partial charge in [0, 0.05) is 19.7 Å². The van der Waals surface area contributed by atoms with E-state index in [1.165, 1.54) is 6.92 Å². The number of rotatable bonds is 6. The molecule has 0 saturated heterocycles. The highest BCUT2D eigenvalue weighted by atomic mass is 16.5. The van der Waals surface area contributed by atoms with Crippen molar-refractivity contribution in [3.8, 4) is 11.5 Å². The van der Waals surface area contributed by atoms with Gasteiger partial charge in [-0.05, 0) is 34.9 Å². The van der Waals surface area contributed by atoms with Crippen LogP contribution in [0.5, 0.6) is 11.5 Å². The Morgan fingerprint density at radius 1 is 1.07 bits per heavy atom. The smallest absolute Gasteiger partial charge is 0.223 e. The van der Waals surface area contributed by atoms with Crippen LogP contribution in [0.4, 0.5) is 0 Å². The lowest BCUT2D eigenvalue weighted by Crippen LogP contribution is -2.35. The fourth-order valence-corrected chi connectivity index (χ4v) is 3.35. The third-order valence-electron chi connectivity index (χ3n) is 4.79. The van der Waals surface area contributed by atoms with Crippen LogP contribution in [-0.2, 0) is 16.1 Å². The summed E-state index contributed by atoms with van der Waals surface area (Å²) in [7, 11) is 3.15. The van der Waals surface area contributed by atoms with Crippen LogP contribution in [0.15, 0.2) is 48.7 Å². The van der Waals surface area contributed by atoms with Crippen molar-refractivity contribution in [1.82, 2.24) is 10.2 Å². The van der Waals surface area contributed by atoms with Gasteiger partial charge in [-0.15, -0.1) is 0 Å². The second-order valence-electron chi connectivity index (χ2n) is 6.56. The van der Waals surface area contributed by atoms with E-state index in [0.717, 1.165) is 16.7 Å². The first kappa shape index (κ1) is 19.5. The molecule has 1 aliphatic heterocycles. The Morgan fingerprint density at radius 2 is 1.82 bits per heavy atom. The minimum Gasteiger partial charge on any atom is -0.493 e. The molecule has 2 aromatic rings. The molecule has 0 aromatic heterocycles. The van der Waals surface area contributed by atoms with Gasteiger partial charge in [0.15, 0.2) is 11.5 Å². The SMILES string of the molecule is COc1ccc(CNC(=O)C[C@H]2c3ccccc3C=CN2C(C)=O)cc1OC. The predicted octanol–water partition coefficient (Wildman–Crippen LogP) is 3.28. The van der Waals surface area contributed by atoms with Crippen LogP contribution in [0.1, 0.15) is 36.1 Å². The summed E-state index contributed by atoms with van der Waals surface area (Å²) in [4.78, 5) is 26.2. The van der Waals surface area contributed by atoms with Crippen LogP contribution in [0.25, 0.3) is 6.08 Å². The molecule has 2 aromatic carbocycles. The highest BCUT2D eigenvalue weighted by Gasteiger charge is 2.28. The molecular formula is C22H24N2O4. The number of carbonyl (C=O) groups excluding carboxylic acids is 2. The van der Waals surface area contributed by atoms with Crippen molar-refractivity contribution in [1.29, 1.82) is 0 Å². The van der Waals surface area contributed by atoms with Gasteiger partial charge in [0.25, 0.3) is 0 Å². The second kappa shape index (κ2) is 8.61. The van der Waals surface area contributed by atoms with Crippen LogP contribution >= 0.6 is 0 Å². The van der Waals surface area contributed by atoms with E-state index in [9.17, 15) is 9.59 Å². The number of hydrogen-bond acceptors (Lipinski definition) is 4. The second-order valence-corrected chi connectivity index (χ2v) is 6.56. The molecule has 146 valence electrons. The van der Waals surface area contributed by atoms with E-state index in [1.807, 2.05) is 42.5 Å². The maximum Gasteiger partial charge on any atom is 0.223 e. The molecule has 28 heavy (non-hydrogen) atoms. The molecule has 1 atom stereocenters. The fourth-order valence-electron chi connectivity index (χ4n) is 3.35. The van der Waals surface area contributed by atoms with Crippen LogP contribution in [-0.4, -0.2) is 30.9 Å². The standard InChI is InChI=1S/C22H24N2O4/c1-15(25)24-11-10-17-6-4-5-7-18(17)19(24)13-22(26)23-14-16-8-9-20(27-2)21(12-16)28-3/h4-12,19H,13-14H2,1-3H3,(H,23,26)/t19-/m0/s1. The third kappa shape index (κ3) is 4.17. The molecule has 1 aliphatic rings. The summed E-state index contributed by atoms with van der Waals surface area (Å²) in [6, 6.07) is 13.0. The Labute approximate surface area is 164 Å². The minimum absolute atomic E-state index is 0.0940. The third-order valence-corrected chi connectivity index (χ3v) is 4.79. The van der Waals surface area contributed by atoms with Gasteiger partial charge in [-0.2, -0.15) is 0 Å². The molecule has 0 spiro atoms. The number of hydrogen-bond donors (Lipinski definition) is 1. The van der Waals surface area contributed by atoms with E-state index in [2.05, 4.69) is 5.32 Å². The lowest BCUT2D eigenvalue weighted by molar-refractivity contribution is -0.130. The number of fused-ring (bicyclic) bond motifs is 1. The van der Waals surface area contributed by atoms with Gasteiger partial charge in [0.2, 0.25) is 11.8 Å². The first-order valence-electron chi connectivity index (χ1n) is 9.07. The average Bonchev–Trinajstić information content (AvgIpc) is 2.72. The van der Waals surface area contributed by atoms with E-state index in [1.54, 1.807) is 31.4 Å². The molecule has 0 saturated carbocycles. The Kier molecular flexibility index (Phi) is 5.99. The van der Waals surface area contributed by atoms with Crippen molar-refractivity contribution in [3.05, 3.63) is 65.4 Å². The van der Waals surface area contributed by atoms with Crippen molar-refractivity contribution < 1.29 is 19.1 Å². The average molecular weight is 380 g/mol. The van der Waals surface area contributed by atoms with E-state index >= 15 is 0 Å². The van der Waals surface area contributed by atoms with Crippen LogP contribution in [0, 0.1) is 0 Å². The van der Waals surface area contributed by atoms with Crippen molar-refractivity contribution in [2.45, 2.75) is 25.9 Å². The van der Waals surface area contributed by atoms with E-state index in [4.69, 9.17) is 9.47 Å². The first-order valence-corrected chi connectivity index (χ1v) is 9.07.